The molecule has 0 radical (unpaired) electrons. The van der Waals surface area contributed by atoms with Gasteiger partial charge in [-0.1, -0.05) is 125 Å². The Labute approximate surface area is 622 Å². The first kappa shape index (κ1) is 83.1. The number of aromatic nitrogens is 1. The van der Waals surface area contributed by atoms with Gasteiger partial charge >= 0.3 is 25.2 Å². The Hall–Kier alpha value is -8.59. The van der Waals surface area contributed by atoms with E-state index in [2.05, 4.69) is 26.3 Å². The van der Waals surface area contributed by atoms with Crippen LogP contribution in [0.3, 0.4) is 0 Å². The molecule has 28 heteroatoms. The lowest BCUT2D eigenvalue weighted by molar-refractivity contribution is -0.163. The van der Waals surface area contributed by atoms with Crippen LogP contribution in [0.1, 0.15) is 179 Å². The maximum Gasteiger partial charge on any atom is 0.410 e. The van der Waals surface area contributed by atoms with Gasteiger partial charge in [0.2, 0.25) is 54.9 Å². The number of esters is 2. The van der Waals surface area contributed by atoms with Gasteiger partial charge in [0, 0.05) is 50.4 Å². The van der Waals surface area contributed by atoms with Crippen LogP contribution < -0.4 is 31.9 Å². The Morgan fingerprint density at radius 2 is 1.39 bits per heavy atom. The zero-order valence-corrected chi connectivity index (χ0v) is 64.2. The highest BCUT2D eigenvalue weighted by Gasteiger charge is 2.56. The number of amides is 7. The van der Waals surface area contributed by atoms with Crippen molar-refractivity contribution in [3.63, 3.8) is 0 Å². The van der Waals surface area contributed by atoms with E-state index in [0.29, 0.717) is 18.5 Å². The number of rotatable bonds is 33. The number of carbonyl (C=O) groups is 9. The number of nitrogens with one attached hydrogen (secondary N) is 4. The Morgan fingerprint density at radius 3 is 1.99 bits per heavy atom. The number of primary amides is 1. The molecule has 3 aliphatic rings. The van der Waals surface area contributed by atoms with E-state index >= 15 is 8.78 Å². The summed E-state index contributed by atoms with van der Waals surface area (Å²) in [5, 5.41) is 22.4. The maximum atomic E-state index is 16.3. The van der Waals surface area contributed by atoms with E-state index in [-0.39, 0.29) is 81.2 Å². The van der Waals surface area contributed by atoms with E-state index in [0.717, 1.165) is 81.8 Å². The largest absolute Gasteiger partial charge is 0.438 e. The molecule has 1 saturated heterocycles. The molecule has 4 heterocycles. The number of unbranched alkanes of at least 4 members (excludes halogenated alkanes) is 3. The molecule has 0 saturated carbocycles. The maximum absolute atomic E-state index is 16.3. The Morgan fingerprint density at radius 1 is 0.774 bits per heavy atom. The third-order valence-electron chi connectivity index (χ3n) is 18.9. The number of halogens is 2. The van der Waals surface area contributed by atoms with Gasteiger partial charge in [0.15, 0.2) is 0 Å². The average molecular weight is 1510 g/mol. The summed E-state index contributed by atoms with van der Waals surface area (Å²) in [6.45, 7) is 17.9. The summed E-state index contributed by atoms with van der Waals surface area (Å²) in [7, 11) is -5.62. The third-order valence-corrected chi connectivity index (χ3v) is 21.7. The van der Waals surface area contributed by atoms with Gasteiger partial charge in [0.25, 0.3) is 0 Å². The van der Waals surface area contributed by atoms with Crippen molar-refractivity contribution in [2.45, 2.75) is 221 Å². The number of β-amino-alcohol motifs (C(OH)–C–C–N with tert-alkyl or cyclic N) is 1. The number of carbonyl (C=O) groups excluding carboxylic acids is 9. The number of para-hydroxylation sites is 1. The van der Waals surface area contributed by atoms with Crippen LogP contribution in [0, 0.1) is 23.2 Å². The zero-order chi connectivity index (χ0) is 77.6. The quantitative estimate of drug-likeness (QED) is 0.00747. The fourth-order valence-electron chi connectivity index (χ4n) is 12.6. The molecule has 3 aliphatic heterocycles. The highest BCUT2D eigenvalue weighted by atomic mass is 32.1. The van der Waals surface area contributed by atoms with E-state index in [4.69, 9.17) is 29.0 Å². The highest BCUT2D eigenvalue weighted by Crippen LogP contribution is 2.67. The minimum Gasteiger partial charge on any atom is -0.438 e. The summed E-state index contributed by atoms with van der Waals surface area (Å²) in [6.07, 6.45) is 4.60. The van der Waals surface area contributed by atoms with Gasteiger partial charge < -0.3 is 51.2 Å². The van der Waals surface area contributed by atoms with Crippen molar-refractivity contribution in [3.8, 4) is 10.4 Å². The highest BCUT2D eigenvalue weighted by molar-refractivity contribution is 7.54. The number of hydrogen-bond donors (Lipinski definition) is 6. The second kappa shape index (κ2) is 35.9. The van der Waals surface area contributed by atoms with Gasteiger partial charge in [0.05, 0.1) is 57.5 Å². The van der Waals surface area contributed by atoms with Crippen LogP contribution in [-0.2, 0) is 109 Å². The van der Waals surface area contributed by atoms with Gasteiger partial charge in [-0.2, -0.15) is 8.78 Å². The molecule has 106 heavy (non-hydrogen) atoms. The number of aliphatic hydroxyl groups is 1. The number of nitrogens with two attached hydrogens (primary N) is 1. The summed E-state index contributed by atoms with van der Waals surface area (Å²) in [6, 6.07) is 21.0. The summed E-state index contributed by atoms with van der Waals surface area (Å²) >= 11 is 1.56. The van der Waals surface area contributed by atoms with Gasteiger partial charge in [0.1, 0.15) is 24.2 Å². The SMILES string of the molecule is C/C(=C\C(=O)N[C@H]1CCc2cccc3c2N(C1=O)[C@H](C(=O)N[C@@H](CCC(N)=O)[C@@H](C)OCc1ccc(CCCCCCC(=O)N[C@H](C(=O)N2C[C@H](O)C[C@H]2C(=O)NCc2ccc(-c4scnc4C)cc2)C(C)(C)C)cc1)C3)c1ccc(C(F)(F)P(=O)(OCOC(=O)C(C)(C)C)OCOC(=O)C(C)(C)C)cc1. The van der Waals surface area contributed by atoms with Crippen molar-refractivity contribution in [2.75, 3.05) is 25.0 Å². The molecule has 1 fully saturated rings. The molecule has 574 valence electrons. The monoisotopic (exact) mass is 1510 g/mol. The van der Waals surface area contributed by atoms with Crippen LogP contribution in [0.5, 0.6) is 0 Å². The lowest BCUT2D eigenvalue weighted by Gasteiger charge is -2.35. The molecular weight excluding hydrogens is 1410 g/mol. The Balaban J connectivity index is 0.803. The average Bonchev–Trinajstić information content (AvgIpc) is 1.56. The van der Waals surface area contributed by atoms with Crippen LogP contribution >= 0.6 is 18.9 Å². The fraction of sp³-hybridized carbons (Fsp3) is 0.513. The lowest BCUT2D eigenvalue weighted by atomic mass is 9.85. The smallest absolute Gasteiger partial charge is 0.410 e. The van der Waals surface area contributed by atoms with E-state index in [1.807, 2.05) is 94.4 Å². The number of anilines is 1. The molecule has 0 spiro atoms. The standard InChI is InChI=1S/C78H101F2N8O16PS/c1-47(53-30-33-57(34-31-53)78(79,80)105(99,103-45-101-73(97)76(7,8)9)104-46-102-74(98)77(10,11)12)38-65(92)84-60-35-32-54-19-17-20-56-39-62(88(66(54)56)71(60)95)70(94)85-59(36-37-63(81)90)49(3)100-43-52-24-22-50(23-25-52)18-15-13-14-16-21-64(91)86-68(75(4,5)6)72(96)87-42-58(89)40-61(87)69(93)82-41-51-26-28-55(29-27-51)67-48(2)83-44-106-67/h17,19-20,22-31,33-34,38,44,49,58-62,68,89H,13-16,18,21,32,35-37,39-43,45-46H2,1-12H3,(H2,81,90)(H,82,93)(H,84,92)(H,85,94)(H,86,91)/b47-38+/t49-,58-,59+,60+,61+,62+,68-/m1/s1. The summed E-state index contributed by atoms with van der Waals surface area (Å²) in [5.41, 5.74) is 6.89. The van der Waals surface area contributed by atoms with Crippen molar-refractivity contribution in [1.29, 1.82) is 0 Å². The minimum absolute atomic E-state index is 0.0235. The predicted molar refractivity (Wildman–Crippen MR) is 396 cm³/mol. The number of nitrogens with zero attached hydrogens (tertiary/aromatic N) is 3. The summed E-state index contributed by atoms with van der Waals surface area (Å²) < 4.78 is 72.7. The van der Waals surface area contributed by atoms with Crippen molar-refractivity contribution in [1.82, 2.24) is 31.2 Å². The van der Waals surface area contributed by atoms with Gasteiger partial charge in [-0.3, -0.25) is 61.7 Å². The number of likely N-dealkylation sites (tertiary alicyclic amines) is 1. The van der Waals surface area contributed by atoms with Gasteiger partial charge in [-0.05, 0) is 151 Å². The number of ether oxygens (including phenoxy) is 3. The molecule has 0 aliphatic carbocycles. The fourth-order valence-corrected chi connectivity index (χ4v) is 14.7. The second-order valence-electron chi connectivity index (χ2n) is 30.6. The third kappa shape index (κ3) is 21.8. The van der Waals surface area contributed by atoms with Gasteiger partial charge in [-0.15, -0.1) is 11.3 Å². The molecule has 7 N–H and O–H groups in total. The summed E-state index contributed by atoms with van der Waals surface area (Å²) in [4.78, 5) is 130. The van der Waals surface area contributed by atoms with Crippen molar-refractivity contribution in [3.05, 3.63) is 147 Å². The minimum atomic E-state index is -5.62. The molecule has 7 atom stereocenters. The Bertz CT molecular complexity index is 4020. The lowest BCUT2D eigenvalue weighted by Crippen LogP contribution is -2.57. The number of allylic oxidation sites excluding steroid dienone is 1. The molecule has 8 rings (SSSR count). The van der Waals surface area contributed by atoms with E-state index < -0.39 is 133 Å². The van der Waals surface area contributed by atoms with Crippen molar-refractivity contribution >= 4 is 83.5 Å². The molecule has 5 aromatic rings. The van der Waals surface area contributed by atoms with E-state index in [9.17, 15) is 52.8 Å². The number of thiazole rings is 1. The van der Waals surface area contributed by atoms with Crippen LogP contribution in [0.25, 0.3) is 16.0 Å². The Kier molecular flexibility index (Phi) is 28.1. The molecule has 0 bridgehead atoms. The van der Waals surface area contributed by atoms with E-state index in [1.54, 1.807) is 30.7 Å². The summed E-state index contributed by atoms with van der Waals surface area (Å²) in [5.74, 6) is -5.08. The number of hydrogen-bond acceptors (Lipinski definition) is 18. The topological polar surface area (TPSA) is 331 Å². The van der Waals surface area contributed by atoms with E-state index in [1.165, 1.54) is 69.6 Å². The number of alkyl halides is 2. The first-order chi connectivity index (χ1) is 49.8. The molecule has 7 amide bonds. The number of aliphatic hydroxyl groups excluding tert-OH is 1. The van der Waals surface area contributed by atoms with Crippen molar-refractivity contribution < 1.29 is 84.9 Å². The number of benzene rings is 4. The van der Waals surface area contributed by atoms with Crippen molar-refractivity contribution in [2.24, 2.45) is 22.0 Å². The van der Waals surface area contributed by atoms with Crippen LogP contribution in [-0.4, -0.2) is 131 Å². The molecule has 1 aromatic heterocycles. The molecular formula is C78H101F2N8O16PS. The second-order valence-corrected chi connectivity index (χ2v) is 33.5. The molecule has 0 unspecified atom stereocenters. The normalized spacial score (nSPS) is 17.9. The predicted octanol–water partition coefficient (Wildman–Crippen LogP) is 10.9. The molecule has 24 nitrogen and oxygen atoms in total. The first-order valence-electron chi connectivity index (χ1n) is 35.8. The van der Waals surface area contributed by atoms with Crippen LogP contribution in [0.4, 0.5) is 14.5 Å². The van der Waals surface area contributed by atoms with Gasteiger partial charge in [-0.25, -0.2) is 4.98 Å². The molecule has 4 aromatic carbocycles. The first-order valence-corrected chi connectivity index (χ1v) is 38.3. The van der Waals surface area contributed by atoms with Crippen LogP contribution in [0.15, 0.2) is 103 Å². The van der Waals surface area contributed by atoms with Crippen LogP contribution in [0.2, 0.25) is 0 Å². The number of aryl methyl sites for hydroxylation is 3. The zero-order valence-electron chi connectivity index (χ0n) is 62.5.